The van der Waals surface area contributed by atoms with Crippen LogP contribution in [0.1, 0.15) is 0 Å². The van der Waals surface area contributed by atoms with E-state index in [1.165, 1.54) is 18.2 Å². The molecule has 2 nitrogen and oxygen atoms in total. The molecule has 0 radical (unpaired) electrons. The van der Waals surface area contributed by atoms with Gasteiger partial charge in [-0.05, 0) is 12.1 Å². The number of nitrogens with two attached hydrogens (primary N) is 1. The predicted octanol–water partition coefficient (Wildman–Crippen LogP) is 3.23. The summed E-state index contributed by atoms with van der Waals surface area (Å²) in [4.78, 5) is 3.73. The Labute approximate surface area is 99.7 Å². The number of nitrogens with zero attached hydrogens (tertiary/aromatic N) is 1. The number of halogens is 3. The molecule has 0 atom stereocenters. The van der Waals surface area contributed by atoms with Gasteiger partial charge in [-0.1, -0.05) is 23.9 Å². The molecule has 1 aromatic carbocycles. The molecule has 0 unspecified atom stereocenters. The second-order valence-corrected chi connectivity index (χ2v) is 4.21. The van der Waals surface area contributed by atoms with Crippen molar-refractivity contribution in [3.05, 3.63) is 47.8 Å². The van der Waals surface area contributed by atoms with E-state index in [9.17, 15) is 13.2 Å². The maximum atomic E-state index is 13.3. The Morgan fingerprint density at radius 3 is 2.41 bits per heavy atom. The standard InChI is InChI=1S/C11H7F3N2S/c12-6-3-1-2-4-9(6)17-11-8(14)5-7(13)10(15)16-11/h1-5H,(H2,15,16). The van der Waals surface area contributed by atoms with Gasteiger partial charge in [-0.15, -0.1) is 0 Å². The fraction of sp³-hybridized carbons (Fsp3) is 0. The molecule has 1 heterocycles. The Bertz CT molecular complexity index is 560. The van der Waals surface area contributed by atoms with Gasteiger partial charge in [0.2, 0.25) is 0 Å². The summed E-state index contributed by atoms with van der Waals surface area (Å²) in [6.45, 7) is 0. The molecule has 0 aliphatic carbocycles. The minimum absolute atomic E-state index is 0.158. The summed E-state index contributed by atoms with van der Waals surface area (Å²) in [7, 11) is 0. The fourth-order valence-electron chi connectivity index (χ4n) is 1.17. The van der Waals surface area contributed by atoms with E-state index in [0.717, 1.165) is 11.8 Å². The highest BCUT2D eigenvalue weighted by Crippen LogP contribution is 2.31. The molecule has 1 aromatic heterocycles. The number of benzene rings is 1. The fourth-order valence-corrected chi connectivity index (χ4v) is 1.99. The minimum atomic E-state index is -0.930. The van der Waals surface area contributed by atoms with Crippen LogP contribution in [0.4, 0.5) is 19.0 Å². The first-order valence-electron chi connectivity index (χ1n) is 4.62. The largest absolute Gasteiger partial charge is 0.381 e. The van der Waals surface area contributed by atoms with E-state index in [-0.39, 0.29) is 9.92 Å². The molecule has 0 saturated carbocycles. The summed E-state index contributed by atoms with van der Waals surface area (Å²) < 4.78 is 39.5. The van der Waals surface area contributed by atoms with Crippen molar-refractivity contribution in [1.82, 2.24) is 4.98 Å². The van der Waals surface area contributed by atoms with Gasteiger partial charge in [0.15, 0.2) is 17.5 Å². The van der Waals surface area contributed by atoms with E-state index in [1.807, 2.05) is 0 Å². The Kier molecular flexibility index (Phi) is 3.23. The number of nitrogen functional groups attached to an aromatic ring is 1. The number of rotatable bonds is 2. The molecule has 2 aromatic rings. The third-order valence-corrected chi connectivity index (χ3v) is 3.00. The molecule has 17 heavy (non-hydrogen) atoms. The summed E-state index contributed by atoms with van der Waals surface area (Å²) in [5.74, 6) is -2.71. The molecule has 0 aliphatic heterocycles. The summed E-state index contributed by atoms with van der Waals surface area (Å²) in [5, 5.41) is -0.158. The van der Waals surface area contributed by atoms with Gasteiger partial charge < -0.3 is 5.73 Å². The lowest BCUT2D eigenvalue weighted by Crippen LogP contribution is -1.99. The van der Waals surface area contributed by atoms with Crippen LogP contribution in [-0.2, 0) is 0 Å². The maximum Gasteiger partial charge on any atom is 0.168 e. The van der Waals surface area contributed by atoms with Crippen molar-refractivity contribution in [3.8, 4) is 0 Å². The third kappa shape index (κ3) is 2.52. The van der Waals surface area contributed by atoms with Crippen LogP contribution in [0.15, 0.2) is 40.3 Å². The molecular formula is C11H7F3N2S. The Morgan fingerprint density at radius 2 is 1.71 bits per heavy atom. The SMILES string of the molecule is Nc1nc(Sc2ccccc2F)c(F)cc1F. The number of hydrogen-bond acceptors (Lipinski definition) is 3. The first kappa shape index (κ1) is 11.8. The van der Waals surface area contributed by atoms with Crippen LogP contribution in [-0.4, -0.2) is 4.98 Å². The van der Waals surface area contributed by atoms with E-state index in [4.69, 9.17) is 5.73 Å². The van der Waals surface area contributed by atoms with Crippen LogP contribution >= 0.6 is 11.8 Å². The van der Waals surface area contributed by atoms with Gasteiger partial charge in [0.05, 0.1) is 0 Å². The van der Waals surface area contributed by atoms with Crippen LogP contribution in [0.2, 0.25) is 0 Å². The van der Waals surface area contributed by atoms with Crippen molar-refractivity contribution in [2.75, 3.05) is 5.73 Å². The highest BCUT2D eigenvalue weighted by Gasteiger charge is 2.12. The zero-order chi connectivity index (χ0) is 12.4. The molecule has 0 fully saturated rings. The molecule has 0 saturated heterocycles. The van der Waals surface area contributed by atoms with Crippen molar-refractivity contribution in [2.24, 2.45) is 0 Å². The smallest absolute Gasteiger partial charge is 0.168 e. The second-order valence-electron chi connectivity index (χ2n) is 3.17. The molecule has 0 spiro atoms. The van der Waals surface area contributed by atoms with Crippen LogP contribution in [0.3, 0.4) is 0 Å². The molecule has 2 rings (SSSR count). The average Bonchev–Trinajstić information content (AvgIpc) is 2.29. The number of aromatic nitrogens is 1. The lowest BCUT2D eigenvalue weighted by Gasteiger charge is -2.04. The lowest BCUT2D eigenvalue weighted by atomic mass is 10.3. The van der Waals surface area contributed by atoms with E-state index in [0.29, 0.717) is 6.07 Å². The number of hydrogen-bond donors (Lipinski definition) is 1. The van der Waals surface area contributed by atoms with Gasteiger partial charge in [-0.3, -0.25) is 0 Å². The van der Waals surface area contributed by atoms with Crippen molar-refractivity contribution < 1.29 is 13.2 Å². The van der Waals surface area contributed by atoms with Crippen molar-refractivity contribution in [3.63, 3.8) is 0 Å². The second kappa shape index (κ2) is 4.67. The van der Waals surface area contributed by atoms with E-state index >= 15 is 0 Å². The predicted molar refractivity (Wildman–Crippen MR) is 59.1 cm³/mol. The normalized spacial score (nSPS) is 10.5. The first-order valence-corrected chi connectivity index (χ1v) is 5.43. The summed E-state index contributed by atoms with van der Waals surface area (Å²) >= 11 is 0.756. The van der Waals surface area contributed by atoms with Crippen molar-refractivity contribution in [1.29, 1.82) is 0 Å². The zero-order valence-electron chi connectivity index (χ0n) is 8.45. The number of anilines is 1. The Balaban J connectivity index is 2.37. The van der Waals surface area contributed by atoms with Gasteiger partial charge in [-0.2, -0.15) is 0 Å². The zero-order valence-corrected chi connectivity index (χ0v) is 9.27. The van der Waals surface area contributed by atoms with Crippen molar-refractivity contribution >= 4 is 17.6 Å². The maximum absolute atomic E-state index is 13.3. The highest BCUT2D eigenvalue weighted by atomic mass is 32.2. The molecule has 6 heteroatoms. The summed E-state index contributed by atoms with van der Waals surface area (Å²) in [6.07, 6.45) is 0. The summed E-state index contributed by atoms with van der Waals surface area (Å²) in [6, 6.07) is 6.47. The van der Waals surface area contributed by atoms with Crippen molar-refractivity contribution in [2.45, 2.75) is 9.92 Å². The van der Waals surface area contributed by atoms with Gasteiger partial charge in [0.25, 0.3) is 0 Å². The molecule has 2 N–H and O–H groups in total. The van der Waals surface area contributed by atoms with E-state index < -0.39 is 23.3 Å². The monoisotopic (exact) mass is 256 g/mol. The van der Waals surface area contributed by atoms with Gasteiger partial charge in [0, 0.05) is 11.0 Å². The lowest BCUT2D eigenvalue weighted by molar-refractivity contribution is 0.552. The Morgan fingerprint density at radius 1 is 1.00 bits per heavy atom. The minimum Gasteiger partial charge on any atom is -0.381 e. The average molecular weight is 256 g/mol. The van der Waals surface area contributed by atoms with Crippen LogP contribution in [0.5, 0.6) is 0 Å². The highest BCUT2D eigenvalue weighted by molar-refractivity contribution is 7.99. The van der Waals surface area contributed by atoms with E-state index in [2.05, 4.69) is 4.98 Å². The molecule has 0 bridgehead atoms. The van der Waals surface area contributed by atoms with Gasteiger partial charge >= 0.3 is 0 Å². The molecule has 88 valence electrons. The topological polar surface area (TPSA) is 38.9 Å². The van der Waals surface area contributed by atoms with E-state index in [1.54, 1.807) is 6.07 Å². The molecule has 0 amide bonds. The van der Waals surface area contributed by atoms with Gasteiger partial charge in [-0.25, -0.2) is 18.2 Å². The summed E-state index contributed by atoms with van der Waals surface area (Å²) in [5.41, 5.74) is 5.22. The quantitative estimate of drug-likeness (QED) is 0.896. The van der Waals surface area contributed by atoms with Gasteiger partial charge in [0.1, 0.15) is 10.8 Å². The van der Waals surface area contributed by atoms with Crippen LogP contribution in [0, 0.1) is 17.5 Å². The third-order valence-electron chi connectivity index (χ3n) is 1.97. The first-order chi connectivity index (χ1) is 8.08. The number of pyridine rings is 1. The Hall–Kier alpha value is -1.69. The van der Waals surface area contributed by atoms with Crippen LogP contribution < -0.4 is 5.73 Å². The van der Waals surface area contributed by atoms with Crippen LogP contribution in [0.25, 0.3) is 0 Å². The molecule has 0 aliphatic rings. The molecular weight excluding hydrogens is 249 g/mol.